The number of benzene rings is 1. The Bertz CT molecular complexity index is 875. The number of hydrogen-bond acceptors (Lipinski definition) is 5. The van der Waals surface area contributed by atoms with Crippen molar-refractivity contribution in [1.29, 1.82) is 0 Å². The normalized spacial score (nSPS) is 17.1. The molecule has 9 nitrogen and oxygen atoms in total. The number of alkyl carbamates (subject to hydrolysis) is 1. The molecule has 0 spiro atoms. The fraction of sp³-hybridized carbons (Fsp3) is 0.615. The SMILES string of the molecule is CC[C@@H](C)[C@H](NC(=O)C1CCN(C(=O)[C@H](Cc2ccccc2)NC(=O)OC(C)(C)C)CC1)C(=O)O. The largest absolute Gasteiger partial charge is 0.480 e. The fourth-order valence-electron chi connectivity index (χ4n) is 4.04. The van der Waals surface area contributed by atoms with E-state index < -0.39 is 29.7 Å². The summed E-state index contributed by atoms with van der Waals surface area (Å²) in [4.78, 5) is 51.7. The Labute approximate surface area is 207 Å². The van der Waals surface area contributed by atoms with Crippen molar-refractivity contribution in [2.75, 3.05) is 13.1 Å². The summed E-state index contributed by atoms with van der Waals surface area (Å²) in [7, 11) is 0. The van der Waals surface area contributed by atoms with Gasteiger partial charge in [0.1, 0.15) is 17.7 Å². The summed E-state index contributed by atoms with van der Waals surface area (Å²) >= 11 is 0. The van der Waals surface area contributed by atoms with Crippen LogP contribution in [0.2, 0.25) is 0 Å². The zero-order valence-electron chi connectivity index (χ0n) is 21.4. The van der Waals surface area contributed by atoms with Gasteiger partial charge in [0.25, 0.3) is 0 Å². The van der Waals surface area contributed by atoms with Crippen molar-refractivity contribution in [3.63, 3.8) is 0 Å². The van der Waals surface area contributed by atoms with Crippen LogP contribution in [-0.4, -0.2) is 64.7 Å². The number of rotatable bonds is 9. The van der Waals surface area contributed by atoms with Crippen LogP contribution in [0.4, 0.5) is 4.79 Å². The average Bonchev–Trinajstić information content (AvgIpc) is 2.80. The molecule has 0 radical (unpaired) electrons. The summed E-state index contributed by atoms with van der Waals surface area (Å²) in [6.07, 6.45) is 1.14. The first-order valence-corrected chi connectivity index (χ1v) is 12.3. The third-order valence-electron chi connectivity index (χ3n) is 6.23. The van der Waals surface area contributed by atoms with Crippen molar-refractivity contribution < 1.29 is 29.0 Å². The molecule has 3 N–H and O–H groups in total. The molecule has 1 fully saturated rings. The number of carbonyl (C=O) groups excluding carboxylic acids is 3. The predicted molar refractivity (Wildman–Crippen MR) is 132 cm³/mol. The highest BCUT2D eigenvalue weighted by Gasteiger charge is 2.34. The molecule has 1 aliphatic heterocycles. The summed E-state index contributed by atoms with van der Waals surface area (Å²) in [5.74, 6) is -2.12. The molecule has 0 saturated carbocycles. The van der Waals surface area contributed by atoms with Crippen molar-refractivity contribution in [3.8, 4) is 0 Å². The molecule has 35 heavy (non-hydrogen) atoms. The number of hydrogen-bond donors (Lipinski definition) is 3. The molecule has 2 rings (SSSR count). The standard InChI is InChI=1S/C26H39N3O6/c1-6-17(2)21(24(32)33)28-22(30)19-12-14-29(15-13-19)23(31)20(16-18-10-8-7-9-11-18)27-25(34)35-26(3,4)5/h7-11,17,19-21H,6,12-16H2,1-5H3,(H,27,34)(H,28,30)(H,32,33)/t17-,20+,21+/m1/s1. The van der Waals surface area contributed by atoms with E-state index in [0.29, 0.717) is 38.8 Å². The van der Waals surface area contributed by atoms with Crippen LogP contribution < -0.4 is 10.6 Å². The minimum absolute atomic E-state index is 0.184. The minimum atomic E-state index is -1.04. The maximum Gasteiger partial charge on any atom is 0.408 e. The van der Waals surface area contributed by atoms with Crippen LogP contribution in [0.25, 0.3) is 0 Å². The van der Waals surface area contributed by atoms with Gasteiger partial charge >= 0.3 is 12.1 Å². The van der Waals surface area contributed by atoms with Crippen LogP contribution in [0, 0.1) is 11.8 Å². The van der Waals surface area contributed by atoms with Crippen molar-refractivity contribution in [2.45, 2.75) is 78.0 Å². The number of carboxylic acid groups (broad SMARTS) is 1. The lowest BCUT2D eigenvalue weighted by Crippen LogP contribution is -2.54. The third-order valence-corrected chi connectivity index (χ3v) is 6.23. The molecule has 0 unspecified atom stereocenters. The summed E-state index contributed by atoms with van der Waals surface area (Å²) < 4.78 is 5.35. The molecule has 1 aromatic carbocycles. The average molecular weight is 490 g/mol. The van der Waals surface area contributed by atoms with Gasteiger partial charge in [-0.3, -0.25) is 9.59 Å². The molecular formula is C26H39N3O6. The first kappa shape index (κ1) is 28.1. The molecule has 3 atom stereocenters. The molecule has 194 valence electrons. The number of amides is 3. The number of likely N-dealkylation sites (tertiary alicyclic amines) is 1. The van der Waals surface area contributed by atoms with Crippen molar-refractivity contribution in [3.05, 3.63) is 35.9 Å². The maximum atomic E-state index is 13.4. The zero-order chi connectivity index (χ0) is 26.2. The van der Waals surface area contributed by atoms with Crippen LogP contribution in [0.5, 0.6) is 0 Å². The Hall–Kier alpha value is -3.10. The lowest BCUT2D eigenvalue weighted by Gasteiger charge is -2.34. The molecule has 1 heterocycles. The van der Waals surface area contributed by atoms with E-state index in [1.165, 1.54) is 0 Å². The topological polar surface area (TPSA) is 125 Å². The lowest BCUT2D eigenvalue weighted by molar-refractivity contribution is -0.144. The Kier molecular flexibility index (Phi) is 10.1. The van der Waals surface area contributed by atoms with Crippen LogP contribution in [0.3, 0.4) is 0 Å². The lowest BCUT2D eigenvalue weighted by atomic mass is 9.93. The first-order chi connectivity index (χ1) is 16.4. The smallest absolute Gasteiger partial charge is 0.408 e. The Morgan fingerprint density at radius 1 is 1.09 bits per heavy atom. The van der Waals surface area contributed by atoms with Crippen LogP contribution in [-0.2, 0) is 25.5 Å². The summed E-state index contributed by atoms with van der Waals surface area (Å²) in [5.41, 5.74) is 0.208. The van der Waals surface area contributed by atoms with Gasteiger partial charge in [0.05, 0.1) is 0 Å². The highest BCUT2D eigenvalue weighted by atomic mass is 16.6. The van der Waals surface area contributed by atoms with Gasteiger partial charge in [-0.1, -0.05) is 50.6 Å². The Morgan fingerprint density at radius 2 is 1.69 bits per heavy atom. The van der Waals surface area contributed by atoms with Gasteiger partial charge in [0, 0.05) is 25.4 Å². The van der Waals surface area contributed by atoms with E-state index in [9.17, 15) is 24.3 Å². The fourth-order valence-corrected chi connectivity index (χ4v) is 4.04. The van der Waals surface area contributed by atoms with Gasteiger partial charge in [-0.05, 0) is 45.1 Å². The molecule has 0 aromatic heterocycles. The molecule has 1 saturated heterocycles. The van der Waals surface area contributed by atoms with Gasteiger partial charge < -0.3 is 25.4 Å². The van der Waals surface area contributed by atoms with Crippen LogP contribution >= 0.6 is 0 Å². The quantitative estimate of drug-likeness (QED) is 0.490. The van der Waals surface area contributed by atoms with E-state index in [-0.39, 0.29) is 23.7 Å². The van der Waals surface area contributed by atoms with Gasteiger partial charge in [0.15, 0.2) is 0 Å². The van der Waals surface area contributed by atoms with Gasteiger partial charge in [-0.15, -0.1) is 0 Å². The van der Waals surface area contributed by atoms with E-state index in [2.05, 4.69) is 10.6 Å². The predicted octanol–water partition coefficient (Wildman–Crippen LogP) is 2.98. The van der Waals surface area contributed by atoms with E-state index in [1.54, 1.807) is 32.6 Å². The number of ether oxygens (including phenoxy) is 1. The van der Waals surface area contributed by atoms with Gasteiger partial charge in [-0.25, -0.2) is 9.59 Å². The van der Waals surface area contributed by atoms with Crippen molar-refractivity contribution in [1.82, 2.24) is 15.5 Å². The highest BCUT2D eigenvalue weighted by Crippen LogP contribution is 2.20. The summed E-state index contributed by atoms with van der Waals surface area (Å²) in [6.45, 7) is 9.64. The second-order valence-corrected chi connectivity index (χ2v) is 10.2. The molecule has 3 amide bonds. The monoisotopic (exact) mass is 489 g/mol. The van der Waals surface area contributed by atoms with Gasteiger partial charge in [0.2, 0.25) is 11.8 Å². The number of nitrogens with zero attached hydrogens (tertiary/aromatic N) is 1. The van der Waals surface area contributed by atoms with Crippen LogP contribution in [0.15, 0.2) is 30.3 Å². The first-order valence-electron chi connectivity index (χ1n) is 12.3. The second-order valence-electron chi connectivity index (χ2n) is 10.2. The number of piperidine rings is 1. The number of aliphatic carboxylic acids is 1. The Morgan fingerprint density at radius 3 is 2.20 bits per heavy atom. The van der Waals surface area contributed by atoms with Gasteiger partial charge in [-0.2, -0.15) is 0 Å². The maximum absolute atomic E-state index is 13.4. The molecule has 0 aliphatic carbocycles. The number of nitrogens with one attached hydrogen (secondary N) is 2. The third kappa shape index (κ3) is 8.88. The molecular weight excluding hydrogens is 450 g/mol. The molecule has 0 bridgehead atoms. The molecule has 1 aromatic rings. The second kappa shape index (κ2) is 12.6. The zero-order valence-corrected chi connectivity index (χ0v) is 21.4. The van der Waals surface area contributed by atoms with E-state index >= 15 is 0 Å². The molecule has 1 aliphatic rings. The van der Waals surface area contributed by atoms with Crippen LogP contribution in [0.1, 0.15) is 59.4 Å². The molecule has 9 heteroatoms. The van der Waals surface area contributed by atoms with E-state index in [0.717, 1.165) is 5.56 Å². The summed E-state index contributed by atoms with van der Waals surface area (Å²) in [6, 6.07) is 7.68. The van der Waals surface area contributed by atoms with E-state index in [1.807, 2.05) is 37.3 Å². The highest BCUT2D eigenvalue weighted by molar-refractivity contribution is 5.87. The van der Waals surface area contributed by atoms with E-state index in [4.69, 9.17) is 4.74 Å². The number of carboxylic acids is 1. The summed E-state index contributed by atoms with van der Waals surface area (Å²) in [5, 5.41) is 14.8. The Balaban J connectivity index is 2.03. The number of carbonyl (C=O) groups is 4. The minimum Gasteiger partial charge on any atom is -0.480 e. The van der Waals surface area contributed by atoms with Crippen molar-refractivity contribution >= 4 is 23.9 Å². The van der Waals surface area contributed by atoms with Crippen molar-refractivity contribution in [2.24, 2.45) is 11.8 Å².